The van der Waals surface area contributed by atoms with Crippen molar-refractivity contribution >= 4 is 45.2 Å². The van der Waals surface area contributed by atoms with Gasteiger partial charge in [0.2, 0.25) is 0 Å². The highest BCUT2D eigenvalue weighted by molar-refractivity contribution is 7.98. The van der Waals surface area contributed by atoms with Crippen LogP contribution in [0.4, 0.5) is 10.5 Å². The lowest BCUT2D eigenvalue weighted by Gasteiger charge is -2.21. The zero-order valence-corrected chi connectivity index (χ0v) is 19.4. The number of fused-ring (bicyclic) bond motifs is 2. The molecule has 1 atom stereocenters. The fourth-order valence-electron chi connectivity index (χ4n) is 4.23. The summed E-state index contributed by atoms with van der Waals surface area (Å²) in [5.41, 5.74) is 2.99. The standard InChI is InChI=1S/C27H29N3OS/c1-3-4-9-20(22-13-7-11-19-10-5-6-12-21(19)22)18-29-27(31)30-26-23-14-8-17-28-24(23)15-16-25(26)32-2/h5-8,10-17,20H,3-4,9,18H2,1-2H3,(H2,29,30,31). The molecule has 1 aromatic heterocycles. The van der Waals surface area contributed by atoms with E-state index < -0.39 is 0 Å². The molecule has 32 heavy (non-hydrogen) atoms. The number of aromatic nitrogens is 1. The molecule has 164 valence electrons. The Hall–Kier alpha value is -3.05. The first-order valence-corrected chi connectivity index (χ1v) is 12.4. The van der Waals surface area contributed by atoms with Crippen LogP contribution in [0.3, 0.4) is 0 Å². The fourth-order valence-corrected chi connectivity index (χ4v) is 4.80. The maximum atomic E-state index is 12.9. The first kappa shape index (κ1) is 22.2. The normalized spacial score (nSPS) is 12.1. The number of benzene rings is 3. The zero-order valence-electron chi connectivity index (χ0n) is 18.6. The largest absolute Gasteiger partial charge is 0.337 e. The van der Waals surface area contributed by atoms with Gasteiger partial charge in [-0.15, -0.1) is 11.8 Å². The number of hydrogen-bond acceptors (Lipinski definition) is 3. The Morgan fingerprint density at radius 3 is 2.66 bits per heavy atom. The number of thioether (sulfide) groups is 1. The van der Waals surface area contributed by atoms with E-state index in [1.165, 1.54) is 16.3 Å². The molecular formula is C27H29N3OS. The van der Waals surface area contributed by atoms with Crippen molar-refractivity contribution in [2.75, 3.05) is 18.1 Å². The maximum absolute atomic E-state index is 12.9. The number of anilines is 1. The van der Waals surface area contributed by atoms with E-state index in [4.69, 9.17) is 0 Å². The van der Waals surface area contributed by atoms with Crippen molar-refractivity contribution in [1.82, 2.24) is 10.3 Å². The highest BCUT2D eigenvalue weighted by atomic mass is 32.2. The summed E-state index contributed by atoms with van der Waals surface area (Å²) in [7, 11) is 0. The lowest BCUT2D eigenvalue weighted by atomic mass is 9.89. The molecule has 0 bridgehead atoms. The van der Waals surface area contributed by atoms with Crippen LogP contribution >= 0.6 is 11.8 Å². The van der Waals surface area contributed by atoms with E-state index in [0.29, 0.717) is 6.54 Å². The average Bonchev–Trinajstić information content (AvgIpc) is 2.84. The number of unbranched alkanes of at least 4 members (excludes halogenated alkanes) is 1. The Kier molecular flexibility index (Phi) is 7.28. The van der Waals surface area contributed by atoms with Crippen LogP contribution in [-0.2, 0) is 0 Å². The zero-order chi connectivity index (χ0) is 22.3. The predicted octanol–water partition coefficient (Wildman–Crippen LogP) is 7.21. The summed E-state index contributed by atoms with van der Waals surface area (Å²) in [5.74, 6) is 0.265. The summed E-state index contributed by atoms with van der Waals surface area (Å²) >= 11 is 1.62. The number of urea groups is 1. The molecule has 0 saturated heterocycles. The molecule has 0 aliphatic carbocycles. The van der Waals surface area contributed by atoms with Gasteiger partial charge in [0, 0.05) is 28.9 Å². The van der Waals surface area contributed by atoms with E-state index in [0.717, 1.165) is 40.7 Å². The van der Waals surface area contributed by atoms with E-state index in [-0.39, 0.29) is 11.9 Å². The highest BCUT2D eigenvalue weighted by Gasteiger charge is 2.17. The van der Waals surface area contributed by atoms with Crippen molar-refractivity contribution in [3.63, 3.8) is 0 Å². The Labute approximate surface area is 193 Å². The average molecular weight is 444 g/mol. The molecule has 4 nitrogen and oxygen atoms in total. The number of hydrogen-bond donors (Lipinski definition) is 2. The fraction of sp³-hybridized carbons (Fsp3) is 0.259. The Bertz CT molecular complexity index is 1220. The van der Waals surface area contributed by atoms with Crippen molar-refractivity contribution in [3.8, 4) is 0 Å². The van der Waals surface area contributed by atoms with Crippen molar-refractivity contribution in [3.05, 3.63) is 78.5 Å². The van der Waals surface area contributed by atoms with Crippen molar-refractivity contribution < 1.29 is 4.79 Å². The van der Waals surface area contributed by atoms with Crippen LogP contribution in [0.25, 0.3) is 21.7 Å². The van der Waals surface area contributed by atoms with Gasteiger partial charge in [0.05, 0.1) is 11.2 Å². The smallest absolute Gasteiger partial charge is 0.319 e. The van der Waals surface area contributed by atoms with E-state index in [1.807, 2.05) is 30.5 Å². The van der Waals surface area contributed by atoms with Gasteiger partial charge in [-0.05, 0) is 53.3 Å². The molecule has 0 fully saturated rings. The highest BCUT2D eigenvalue weighted by Crippen LogP contribution is 2.33. The number of nitrogens with one attached hydrogen (secondary N) is 2. The maximum Gasteiger partial charge on any atom is 0.319 e. The molecule has 3 aromatic carbocycles. The Morgan fingerprint density at radius 2 is 1.81 bits per heavy atom. The second-order valence-corrected chi connectivity index (χ2v) is 8.80. The summed E-state index contributed by atoms with van der Waals surface area (Å²) < 4.78 is 0. The van der Waals surface area contributed by atoms with Crippen molar-refractivity contribution in [1.29, 1.82) is 0 Å². The van der Waals surface area contributed by atoms with E-state index in [1.54, 1.807) is 18.0 Å². The third-order valence-electron chi connectivity index (χ3n) is 5.88. The van der Waals surface area contributed by atoms with Crippen molar-refractivity contribution in [2.24, 2.45) is 0 Å². The number of amides is 2. The molecule has 0 saturated carbocycles. The molecule has 5 heteroatoms. The lowest BCUT2D eigenvalue weighted by molar-refractivity contribution is 0.251. The topological polar surface area (TPSA) is 54.0 Å². The van der Waals surface area contributed by atoms with E-state index >= 15 is 0 Å². The van der Waals surface area contributed by atoms with E-state index in [2.05, 4.69) is 65.0 Å². The minimum Gasteiger partial charge on any atom is -0.337 e. The summed E-state index contributed by atoms with van der Waals surface area (Å²) in [5, 5.41) is 9.69. The molecule has 2 amide bonds. The SMILES string of the molecule is CCCCC(CNC(=O)Nc1c(SC)ccc2ncccc12)c1cccc2ccccc12. The molecular weight excluding hydrogens is 414 g/mol. The molecule has 1 unspecified atom stereocenters. The van der Waals surface area contributed by atoms with Gasteiger partial charge < -0.3 is 10.6 Å². The lowest BCUT2D eigenvalue weighted by Crippen LogP contribution is -2.32. The van der Waals surface area contributed by atoms with Crippen LogP contribution < -0.4 is 10.6 Å². The van der Waals surface area contributed by atoms with Crippen LogP contribution in [0.2, 0.25) is 0 Å². The van der Waals surface area contributed by atoms with Gasteiger partial charge in [0.25, 0.3) is 0 Å². The molecule has 4 aromatic rings. The van der Waals surface area contributed by atoms with Crippen LogP contribution in [0.15, 0.2) is 77.8 Å². The molecule has 0 aliphatic rings. The minimum atomic E-state index is -0.182. The Morgan fingerprint density at radius 1 is 1.00 bits per heavy atom. The van der Waals surface area contributed by atoms with Crippen LogP contribution in [0.1, 0.15) is 37.7 Å². The van der Waals surface area contributed by atoms with E-state index in [9.17, 15) is 4.79 Å². The van der Waals surface area contributed by atoms with Crippen molar-refractivity contribution in [2.45, 2.75) is 37.0 Å². The van der Waals surface area contributed by atoms with Gasteiger partial charge in [-0.2, -0.15) is 0 Å². The summed E-state index contributed by atoms with van der Waals surface area (Å²) in [6, 6.07) is 22.7. The number of carbonyl (C=O) groups excluding carboxylic acids is 1. The summed E-state index contributed by atoms with van der Waals surface area (Å²) in [4.78, 5) is 18.4. The second-order valence-electron chi connectivity index (χ2n) is 7.96. The Balaban J connectivity index is 1.54. The quantitative estimate of drug-likeness (QED) is 0.283. The molecule has 0 radical (unpaired) electrons. The van der Waals surface area contributed by atoms with Crippen LogP contribution in [-0.4, -0.2) is 23.8 Å². The number of rotatable bonds is 8. The second kappa shape index (κ2) is 10.5. The first-order chi connectivity index (χ1) is 15.7. The molecule has 4 rings (SSSR count). The van der Waals surface area contributed by atoms with Gasteiger partial charge >= 0.3 is 6.03 Å². The van der Waals surface area contributed by atoms with Gasteiger partial charge in [-0.3, -0.25) is 4.98 Å². The number of carbonyl (C=O) groups is 1. The molecule has 2 N–H and O–H groups in total. The van der Waals surface area contributed by atoms with Gasteiger partial charge in [0.1, 0.15) is 0 Å². The molecule has 0 aliphatic heterocycles. The molecule has 0 spiro atoms. The first-order valence-electron chi connectivity index (χ1n) is 11.2. The minimum absolute atomic E-state index is 0.182. The molecule has 1 heterocycles. The summed E-state index contributed by atoms with van der Waals surface area (Å²) in [6.07, 6.45) is 7.09. The number of pyridine rings is 1. The van der Waals surface area contributed by atoms with Crippen LogP contribution in [0, 0.1) is 0 Å². The van der Waals surface area contributed by atoms with Gasteiger partial charge in [-0.25, -0.2) is 4.79 Å². The third kappa shape index (κ3) is 4.89. The monoisotopic (exact) mass is 443 g/mol. The third-order valence-corrected chi connectivity index (χ3v) is 6.66. The van der Waals surface area contributed by atoms with Gasteiger partial charge in [-0.1, -0.05) is 62.2 Å². The van der Waals surface area contributed by atoms with Crippen LogP contribution in [0.5, 0.6) is 0 Å². The van der Waals surface area contributed by atoms with Gasteiger partial charge in [0.15, 0.2) is 0 Å². The predicted molar refractivity (Wildman–Crippen MR) is 137 cm³/mol. The summed E-state index contributed by atoms with van der Waals surface area (Å²) in [6.45, 7) is 2.80. The number of nitrogens with zero attached hydrogens (tertiary/aromatic N) is 1.